The van der Waals surface area contributed by atoms with Crippen LogP contribution in [0, 0.1) is 12.3 Å². The maximum absolute atomic E-state index is 13.2. The third kappa shape index (κ3) is 2.78. The normalized spacial score (nSPS) is 23.1. The summed E-state index contributed by atoms with van der Waals surface area (Å²) >= 11 is 0. The van der Waals surface area contributed by atoms with Gasteiger partial charge in [-0.3, -0.25) is 0 Å². The van der Waals surface area contributed by atoms with Gasteiger partial charge in [0.15, 0.2) is 0 Å². The van der Waals surface area contributed by atoms with Crippen LogP contribution in [0.3, 0.4) is 0 Å². The van der Waals surface area contributed by atoms with Crippen molar-refractivity contribution < 1.29 is 17.2 Å². The molecule has 27 heavy (non-hydrogen) atoms. The van der Waals surface area contributed by atoms with Crippen molar-refractivity contribution in [2.45, 2.75) is 50.0 Å². The molecule has 8 nitrogen and oxygen atoms in total. The third-order valence-corrected chi connectivity index (χ3v) is 7.99. The minimum Gasteiger partial charge on any atom is -0.320 e. The van der Waals surface area contributed by atoms with E-state index in [-0.39, 0.29) is 28.5 Å². The second kappa shape index (κ2) is 6.33. The van der Waals surface area contributed by atoms with Crippen LogP contribution >= 0.6 is 0 Å². The number of halogens is 2. The summed E-state index contributed by atoms with van der Waals surface area (Å²) in [5.41, 5.74) is -0.229. The lowest BCUT2D eigenvalue weighted by atomic mass is 9.76. The highest BCUT2D eigenvalue weighted by molar-refractivity contribution is 7.89. The Morgan fingerprint density at radius 1 is 1.30 bits per heavy atom. The first-order chi connectivity index (χ1) is 12.8. The number of rotatable bonds is 4. The van der Waals surface area contributed by atoms with Gasteiger partial charge in [-0.05, 0) is 25.2 Å². The second-order valence-corrected chi connectivity index (χ2v) is 9.44. The number of aromatic nitrogens is 5. The fourth-order valence-electron chi connectivity index (χ4n) is 4.65. The van der Waals surface area contributed by atoms with Gasteiger partial charge in [-0.1, -0.05) is 12.8 Å². The number of alkyl halides is 2. The highest BCUT2D eigenvalue weighted by atomic mass is 32.2. The van der Waals surface area contributed by atoms with Gasteiger partial charge in [-0.2, -0.15) is 18.2 Å². The van der Waals surface area contributed by atoms with Crippen molar-refractivity contribution in [1.29, 1.82) is 0 Å². The first kappa shape index (κ1) is 18.5. The molecule has 0 N–H and O–H groups in total. The second-order valence-electron chi connectivity index (χ2n) is 7.54. The molecule has 1 unspecified atom stereocenters. The van der Waals surface area contributed by atoms with Gasteiger partial charge >= 0.3 is 6.55 Å². The third-order valence-electron chi connectivity index (χ3n) is 6.08. The molecule has 148 valence electrons. The minimum atomic E-state index is -3.92. The SMILES string of the molecule is Cc1c(S(=O)(=O)N2CC(c3nncn3C)C3(CCCC3)C2)cnn1C(F)F. The summed E-state index contributed by atoms with van der Waals surface area (Å²) < 4.78 is 56.1. The van der Waals surface area contributed by atoms with Crippen molar-refractivity contribution in [2.75, 3.05) is 13.1 Å². The standard InChI is InChI=1S/C16H22F2N6O2S/c1-11-13(7-20-24(11)15(17)18)27(25,26)23-8-12(14-21-19-10-22(14)2)16(9-23)5-3-4-6-16/h7,10,12,15H,3-6,8-9H2,1-2H3. The minimum absolute atomic E-state index is 0.0485. The summed E-state index contributed by atoms with van der Waals surface area (Å²) in [5.74, 6) is 0.710. The van der Waals surface area contributed by atoms with Gasteiger partial charge in [-0.15, -0.1) is 10.2 Å². The van der Waals surface area contributed by atoms with Crippen molar-refractivity contribution in [3.8, 4) is 0 Å². The van der Waals surface area contributed by atoms with Gasteiger partial charge < -0.3 is 4.57 Å². The van der Waals surface area contributed by atoms with E-state index in [2.05, 4.69) is 15.3 Å². The Balaban J connectivity index is 1.72. The number of hydrogen-bond acceptors (Lipinski definition) is 5. The van der Waals surface area contributed by atoms with E-state index in [1.807, 2.05) is 11.6 Å². The molecule has 0 aromatic carbocycles. The van der Waals surface area contributed by atoms with Gasteiger partial charge in [-0.25, -0.2) is 13.1 Å². The number of sulfonamides is 1. The Morgan fingerprint density at radius 3 is 2.56 bits per heavy atom. The van der Waals surface area contributed by atoms with Crippen LogP contribution in [-0.2, 0) is 17.1 Å². The average molecular weight is 400 g/mol. The Hall–Kier alpha value is -1.88. The summed E-state index contributed by atoms with van der Waals surface area (Å²) in [6, 6.07) is 0. The molecule has 0 amide bonds. The molecular weight excluding hydrogens is 378 g/mol. The predicted molar refractivity (Wildman–Crippen MR) is 91.6 cm³/mol. The van der Waals surface area contributed by atoms with Crippen LogP contribution in [-0.4, -0.2) is 50.4 Å². The Bertz CT molecular complexity index is 948. The highest BCUT2D eigenvalue weighted by Gasteiger charge is 2.53. The highest BCUT2D eigenvalue weighted by Crippen LogP contribution is 2.53. The zero-order valence-electron chi connectivity index (χ0n) is 15.2. The van der Waals surface area contributed by atoms with Crippen LogP contribution in [0.4, 0.5) is 8.78 Å². The molecule has 1 saturated carbocycles. The van der Waals surface area contributed by atoms with E-state index in [9.17, 15) is 17.2 Å². The Morgan fingerprint density at radius 2 is 2.00 bits per heavy atom. The molecule has 2 aromatic heterocycles. The summed E-state index contributed by atoms with van der Waals surface area (Å²) in [6.07, 6.45) is 6.58. The first-order valence-electron chi connectivity index (χ1n) is 8.92. The molecule has 2 fully saturated rings. The van der Waals surface area contributed by atoms with E-state index in [0.29, 0.717) is 11.2 Å². The van der Waals surface area contributed by atoms with Crippen molar-refractivity contribution in [2.24, 2.45) is 12.5 Å². The number of hydrogen-bond donors (Lipinski definition) is 0. The predicted octanol–water partition coefficient (Wildman–Crippen LogP) is 2.06. The molecule has 0 radical (unpaired) electrons. The lowest BCUT2D eigenvalue weighted by Crippen LogP contribution is -2.31. The maximum atomic E-state index is 13.2. The number of aryl methyl sites for hydroxylation is 1. The van der Waals surface area contributed by atoms with E-state index < -0.39 is 16.6 Å². The molecule has 1 saturated heterocycles. The quantitative estimate of drug-likeness (QED) is 0.784. The molecule has 4 rings (SSSR count). The van der Waals surface area contributed by atoms with Crippen LogP contribution in [0.2, 0.25) is 0 Å². The topological polar surface area (TPSA) is 85.9 Å². The molecule has 3 heterocycles. The van der Waals surface area contributed by atoms with Gasteiger partial charge in [0.2, 0.25) is 10.0 Å². The molecule has 1 aliphatic heterocycles. The molecule has 0 bridgehead atoms. The molecule has 1 atom stereocenters. The summed E-state index contributed by atoms with van der Waals surface area (Å²) in [5, 5.41) is 11.7. The van der Waals surface area contributed by atoms with E-state index >= 15 is 0 Å². The molecule has 11 heteroatoms. The Kier molecular flexibility index (Phi) is 4.34. The van der Waals surface area contributed by atoms with E-state index in [4.69, 9.17) is 0 Å². The van der Waals surface area contributed by atoms with Crippen molar-refractivity contribution in [3.05, 3.63) is 24.0 Å². The monoisotopic (exact) mass is 400 g/mol. The van der Waals surface area contributed by atoms with Crippen LogP contribution in [0.5, 0.6) is 0 Å². The van der Waals surface area contributed by atoms with Gasteiger partial charge in [0.25, 0.3) is 0 Å². The first-order valence-corrected chi connectivity index (χ1v) is 10.4. The smallest absolute Gasteiger partial charge is 0.320 e. The molecule has 1 spiro atoms. The largest absolute Gasteiger partial charge is 0.333 e. The summed E-state index contributed by atoms with van der Waals surface area (Å²) in [4.78, 5) is -0.158. The van der Waals surface area contributed by atoms with Gasteiger partial charge in [0, 0.05) is 26.1 Å². The molecule has 2 aromatic rings. The van der Waals surface area contributed by atoms with Crippen LogP contribution in [0.1, 0.15) is 49.7 Å². The molecule has 1 aliphatic carbocycles. The zero-order valence-corrected chi connectivity index (χ0v) is 16.0. The van der Waals surface area contributed by atoms with Crippen molar-refractivity contribution >= 4 is 10.0 Å². The molecule has 2 aliphatic rings. The van der Waals surface area contributed by atoms with E-state index in [1.165, 1.54) is 11.2 Å². The maximum Gasteiger partial charge on any atom is 0.333 e. The summed E-state index contributed by atoms with van der Waals surface area (Å²) in [7, 11) is -2.07. The average Bonchev–Trinajstić information content (AvgIpc) is 3.36. The van der Waals surface area contributed by atoms with Gasteiger partial charge in [0.05, 0.1) is 11.9 Å². The fraction of sp³-hybridized carbons (Fsp3) is 0.688. The fourth-order valence-corrected chi connectivity index (χ4v) is 6.35. The zero-order chi connectivity index (χ0) is 19.4. The van der Waals surface area contributed by atoms with Crippen LogP contribution < -0.4 is 0 Å². The molecular formula is C16H22F2N6O2S. The van der Waals surface area contributed by atoms with Crippen LogP contribution in [0.25, 0.3) is 0 Å². The summed E-state index contributed by atoms with van der Waals surface area (Å²) in [6.45, 7) is -0.881. The van der Waals surface area contributed by atoms with Crippen molar-refractivity contribution in [1.82, 2.24) is 28.9 Å². The van der Waals surface area contributed by atoms with E-state index in [0.717, 1.165) is 37.7 Å². The lowest BCUT2D eigenvalue weighted by Gasteiger charge is -2.29. The van der Waals surface area contributed by atoms with E-state index in [1.54, 1.807) is 6.33 Å². The Labute approximate surface area is 156 Å². The number of nitrogens with zero attached hydrogens (tertiary/aromatic N) is 6. The lowest BCUT2D eigenvalue weighted by molar-refractivity contribution is 0.0541. The van der Waals surface area contributed by atoms with Gasteiger partial charge in [0.1, 0.15) is 17.0 Å². The van der Waals surface area contributed by atoms with Crippen molar-refractivity contribution in [3.63, 3.8) is 0 Å². The van der Waals surface area contributed by atoms with Crippen LogP contribution in [0.15, 0.2) is 17.4 Å².